The van der Waals surface area contributed by atoms with Gasteiger partial charge in [0.25, 0.3) is 5.69 Å². The summed E-state index contributed by atoms with van der Waals surface area (Å²) >= 11 is 0. The zero-order valence-electron chi connectivity index (χ0n) is 15.3. The second-order valence-electron chi connectivity index (χ2n) is 6.71. The fourth-order valence-corrected chi connectivity index (χ4v) is 3.06. The number of rotatable bonds is 5. The molecule has 136 valence electrons. The summed E-state index contributed by atoms with van der Waals surface area (Å²) in [5.74, 6) is 0. The predicted molar refractivity (Wildman–Crippen MR) is 103 cm³/mol. The van der Waals surface area contributed by atoms with Gasteiger partial charge in [0.2, 0.25) is 0 Å². The van der Waals surface area contributed by atoms with E-state index in [1.165, 1.54) is 17.2 Å². The molecule has 2 aromatic carbocycles. The molecule has 1 heterocycles. The van der Waals surface area contributed by atoms with Gasteiger partial charge in [-0.2, -0.15) is 5.10 Å². The maximum absolute atomic E-state index is 10.9. The lowest BCUT2D eigenvalue weighted by Crippen LogP contribution is -2.43. The third-order valence-electron chi connectivity index (χ3n) is 4.64. The Morgan fingerprint density at radius 3 is 2.46 bits per heavy atom. The molecule has 2 aromatic rings. The van der Waals surface area contributed by atoms with Gasteiger partial charge in [0.1, 0.15) is 0 Å². The average molecular weight is 352 g/mol. The molecular weight excluding hydrogens is 328 g/mol. The SMILES string of the molecule is C/C(=N/N1CCN(Cc2ccc(C)cc2)CC1)c1cccc([N+](=O)[O-])c1. The Morgan fingerprint density at radius 2 is 1.81 bits per heavy atom. The number of nitro benzene ring substituents is 1. The largest absolute Gasteiger partial charge is 0.295 e. The molecule has 1 saturated heterocycles. The number of aryl methyl sites for hydroxylation is 1. The highest BCUT2D eigenvalue weighted by molar-refractivity contribution is 5.99. The maximum Gasteiger partial charge on any atom is 0.270 e. The molecule has 0 unspecified atom stereocenters. The Hall–Kier alpha value is -2.73. The molecule has 0 spiro atoms. The Bertz CT molecular complexity index is 794. The molecule has 0 N–H and O–H groups in total. The molecule has 26 heavy (non-hydrogen) atoms. The Labute approximate surface area is 153 Å². The van der Waals surface area contributed by atoms with Gasteiger partial charge < -0.3 is 0 Å². The van der Waals surface area contributed by atoms with Gasteiger partial charge in [-0.05, 0) is 19.4 Å². The number of nitro groups is 1. The highest BCUT2D eigenvalue weighted by Gasteiger charge is 2.16. The summed E-state index contributed by atoms with van der Waals surface area (Å²) in [5, 5.41) is 17.6. The van der Waals surface area contributed by atoms with Crippen molar-refractivity contribution in [3.63, 3.8) is 0 Å². The van der Waals surface area contributed by atoms with Gasteiger partial charge in [-0.25, -0.2) is 0 Å². The van der Waals surface area contributed by atoms with Crippen LogP contribution in [0.5, 0.6) is 0 Å². The van der Waals surface area contributed by atoms with Gasteiger partial charge in [0.15, 0.2) is 0 Å². The summed E-state index contributed by atoms with van der Waals surface area (Å²) in [5.41, 5.74) is 4.31. The van der Waals surface area contributed by atoms with Crippen molar-refractivity contribution in [2.45, 2.75) is 20.4 Å². The molecule has 6 nitrogen and oxygen atoms in total. The number of nitrogens with zero attached hydrogens (tertiary/aromatic N) is 4. The van der Waals surface area contributed by atoms with E-state index >= 15 is 0 Å². The molecule has 1 aliphatic heterocycles. The van der Waals surface area contributed by atoms with E-state index < -0.39 is 0 Å². The van der Waals surface area contributed by atoms with Crippen LogP contribution in [0.3, 0.4) is 0 Å². The van der Waals surface area contributed by atoms with Gasteiger partial charge in [-0.15, -0.1) is 0 Å². The van der Waals surface area contributed by atoms with Crippen LogP contribution in [0.4, 0.5) is 5.69 Å². The van der Waals surface area contributed by atoms with E-state index in [2.05, 4.69) is 46.2 Å². The van der Waals surface area contributed by atoms with Crippen molar-refractivity contribution in [3.05, 3.63) is 75.3 Å². The second kappa shape index (κ2) is 8.10. The summed E-state index contributed by atoms with van der Waals surface area (Å²) < 4.78 is 0. The van der Waals surface area contributed by atoms with Crippen molar-refractivity contribution in [2.24, 2.45) is 5.10 Å². The summed E-state index contributed by atoms with van der Waals surface area (Å²) in [6.45, 7) is 8.60. The fraction of sp³-hybridized carbons (Fsp3) is 0.350. The van der Waals surface area contributed by atoms with E-state index in [4.69, 9.17) is 0 Å². The smallest absolute Gasteiger partial charge is 0.270 e. The molecule has 1 fully saturated rings. The van der Waals surface area contributed by atoms with Crippen LogP contribution in [0.15, 0.2) is 53.6 Å². The Kier molecular flexibility index (Phi) is 5.63. The molecule has 0 radical (unpaired) electrons. The van der Waals surface area contributed by atoms with Crippen LogP contribution in [0, 0.1) is 17.0 Å². The van der Waals surface area contributed by atoms with Crippen molar-refractivity contribution in [1.82, 2.24) is 9.91 Å². The first-order valence-corrected chi connectivity index (χ1v) is 8.84. The predicted octanol–water partition coefficient (Wildman–Crippen LogP) is 3.45. The number of hydrogen-bond acceptors (Lipinski definition) is 5. The van der Waals surface area contributed by atoms with Crippen LogP contribution in [0.1, 0.15) is 23.6 Å². The van der Waals surface area contributed by atoms with E-state index in [9.17, 15) is 10.1 Å². The molecule has 0 atom stereocenters. The third-order valence-corrected chi connectivity index (χ3v) is 4.64. The lowest BCUT2D eigenvalue weighted by molar-refractivity contribution is -0.384. The molecule has 0 aliphatic carbocycles. The molecule has 1 aliphatic rings. The van der Waals surface area contributed by atoms with Crippen molar-refractivity contribution in [2.75, 3.05) is 26.2 Å². The van der Waals surface area contributed by atoms with Crippen LogP contribution in [-0.4, -0.2) is 46.7 Å². The van der Waals surface area contributed by atoms with Gasteiger partial charge in [-0.3, -0.25) is 20.0 Å². The topological polar surface area (TPSA) is 62.0 Å². The summed E-state index contributed by atoms with van der Waals surface area (Å²) in [7, 11) is 0. The number of hydrogen-bond donors (Lipinski definition) is 0. The van der Waals surface area contributed by atoms with Crippen LogP contribution in [-0.2, 0) is 6.54 Å². The summed E-state index contributed by atoms with van der Waals surface area (Å²) in [4.78, 5) is 13.0. The van der Waals surface area contributed by atoms with E-state index in [0.29, 0.717) is 0 Å². The van der Waals surface area contributed by atoms with Crippen LogP contribution in [0.25, 0.3) is 0 Å². The van der Waals surface area contributed by atoms with Crippen molar-refractivity contribution in [1.29, 1.82) is 0 Å². The quantitative estimate of drug-likeness (QED) is 0.470. The lowest BCUT2D eigenvalue weighted by Gasteiger charge is -2.33. The summed E-state index contributed by atoms with van der Waals surface area (Å²) in [6, 6.07) is 15.3. The van der Waals surface area contributed by atoms with Crippen LogP contribution in [0.2, 0.25) is 0 Å². The highest BCUT2D eigenvalue weighted by atomic mass is 16.6. The molecule has 3 rings (SSSR count). The standard InChI is InChI=1S/C20H24N4O2/c1-16-6-8-18(9-7-16)15-22-10-12-23(13-11-22)21-17(2)19-4-3-5-20(14-19)24(25)26/h3-9,14H,10-13,15H2,1-2H3/b21-17-. The number of piperazine rings is 1. The molecule has 0 aromatic heterocycles. The molecule has 0 saturated carbocycles. The van der Waals surface area contributed by atoms with Gasteiger partial charge >= 0.3 is 0 Å². The van der Waals surface area contributed by atoms with E-state index in [0.717, 1.165) is 44.0 Å². The van der Waals surface area contributed by atoms with Gasteiger partial charge in [0.05, 0.1) is 10.6 Å². The zero-order valence-corrected chi connectivity index (χ0v) is 15.3. The molecule has 0 bridgehead atoms. The lowest BCUT2D eigenvalue weighted by atomic mass is 10.1. The molecular formula is C20H24N4O2. The van der Waals surface area contributed by atoms with E-state index in [-0.39, 0.29) is 10.6 Å². The zero-order chi connectivity index (χ0) is 18.5. The van der Waals surface area contributed by atoms with Crippen molar-refractivity contribution in [3.8, 4) is 0 Å². The normalized spacial score (nSPS) is 15.9. The number of benzene rings is 2. The van der Waals surface area contributed by atoms with Gasteiger partial charge in [0, 0.05) is 50.4 Å². The first-order chi connectivity index (χ1) is 12.5. The Morgan fingerprint density at radius 1 is 1.12 bits per heavy atom. The first-order valence-electron chi connectivity index (χ1n) is 8.84. The fourth-order valence-electron chi connectivity index (χ4n) is 3.06. The molecule has 6 heteroatoms. The minimum absolute atomic E-state index is 0.0972. The summed E-state index contributed by atoms with van der Waals surface area (Å²) in [6.07, 6.45) is 0. The minimum Gasteiger partial charge on any atom is -0.295 e. The monoisotopic (exact) mass is 352 g/mol. The van der Waals surface area contributed by atoms with Crippen molar-refractivity contribution >= 4 is 11.4 Å². The van der Waals surface area contributed by atoms with Crippen LogP contribution >= 0.6 is 0 Å². The number of non-ortho nitro benzene ring substituents is 1. The van der Waals surface area contributed by atoms with Gasteiger partial charge in [-0.1, -0.05) is 42.0 Å². The second-order valence-corrected chi connectivity index (χ2v) is 6.71. The van der Waals surface area contributed by atoms with Crippen molar-refractivity contribution < 1.29 is 4.92 Å². The Balaban J connectivity index is 1.57. The van der Waals surface area contributed by atoms with E-state index in [1.807, 2.05) is 13.0 Å². The number of hydrazone groups is 1. The minimum atomic E-state index is -0.374. The third kappa shape index (κ3) is 4.67. The van der Waals surface area contributed by atoms with E-state index in [1.54, 1.807) is 12.1 Å². The maximum atomic E-state index is 10.9. The molecule has 0 amide bonds. The first kappa shape index (κ1) is 18.1. The highest BCUT2D eigenvalue weighted by Crippen LogP contribution is 2.15. The van der Waals surface area contributed by atoms with Crippen LogP contribution < -0.4 is 0 Å². The average Bonchev–Trinajstić information content (AvgIpc) is 2.65.